The van der Waals surface area contributed by atoms with Crippen LogP contribution in [0.4, 0.5) is 5.82 Å². The van der Waals surface area contributed by atoms with Crippen LogP contribution in [0.1, 0.15) is 22.3 Å². The number of benzene rings is 1. The molecular weight excluding hydrogens is 358 g/mol. The molecule has 2 heterocycles. The first-order chi connectivity index (χ1) is 12.5. The molecule has 0 atom stereocenters. The molecule has 3 rings (SSSR count). The van der Waals surface area contributed by atoms with Crippen LogP contribution >= 0.6 is 11.6 Å². The van der Waals surface area contributed by atoms with Crippen molar-refractivity contribution in [3.63, 3.8) is 0 Å². The summed E-state index contributed by atoms with van der Waals surface area (Å²) in [5, 5.41) is 20.3. The van der Waals surface area contributed by atoms with Crippen LogP contribution in [0, 0.1) is 0 Å². The van der Waals surface area contributed by atoms with Crippen LogP contribution in [-0.2, 0) is 17.9 Å². The highest BCUT2D eigenvalue weighted by atomic mass is 35.5. The molecule has 1 aromatic carbocycles. The minimum absolute atomic E-state index is 0.0577. The highest BCUT2D eigenvalue weighted by Gasteiger charge is 2.11. The second-order valence-electron chi connectivity index (χ2n) is 5.61. The fourth-order valence-electron chi connectivity index (χ4n) is 2.30. The molecule has 0 saturated carbocycles. The van der Waals surface area contributed by atoms with Gasteiger partial charge in [0.1, 0.15) is 0 Å². The highest BCUT2D eigenvalue weighted by molar-refractivity contribution is 6.30. The van der Waals surface area contributed by atoms with E-state index in [2.05, 4.69) is 15.5 Å². The molecule has 26 heavy (non-hydrogen) atoms. The third-order valence-electron chi connectivity index (χ3n) is 3.59. The Bertz CT molecular complexity index is 917. The summed E-state index contributed by atoms with van der Waals surface area (Å²) in [5.41, 5.74) is 1.37. The van der Waals surface area contributed by atoms with Crippen molar-refractivity contribution in [3.8, 4) is 0 Å². The van der Waals surface area contributed by atoms with E-state index in [1.54, 1.807) is 16.9 Å². The first-order valence-electron chi connectivity index (χ1n) is 7.83. The molecule has 1 amide bonds. The molecule has 0 aliphatic carbocycles. The summed E-state index contributed by atoms with van der Waals surface area (Å²) >= 11 is 5.87. The monoisotopic (exact) mass is 373 g/mol. The summed E-state index contributed by atoms with van der Waals surface area (Å²) in [6, 6.07) is 9.14. The molecule has 2 N–H and O–H groups in total. The molecule has 8 nitrogen and oxygen atoms in total. The van der Waals surface area contributed by atoms with Crippen molar-refractivity contribution < 1.29 is 14.7 Å². The van der Waals surface area contributed by atoms with E-state index in [-0.39, 0.29) is 18.9 Å². The third kappa shape index (κ3) is 4.70. The van der Waals surface area contributed by atoms with E-state index in [0.29, 0.717) is 22.9 Å². The first kappa shape index (κ1) is 17.7. The molecule has 0 radical (unpaired) electrons. The van der Waals surface area contributed by atoms with Crippen molar-refractivity contribution in [1.82, 2.24) is 19.6 Å². The van der Waals surface area contributed by atoms with Gasteiger partial charge in [0.25, 0.3) is 5.91 Å². The Balaban J connectivity index is 1.59. The number of carboxylic acids is 1. The highest BCUT2D eigenvalue weighted by Crippen LogP contribution is 2.12. The number of halogens is 1. The topological polar surface area (TPSA) is 102 Å². The molecule has 0 fully saturated rings. The largest absolute Gasteiger partial charge is 0.481 e. The third-order valence-corrected chi connectivity index (χ3v) is 3.84. The van der Waals surface area contributed by atoms with Crippen LogP contribution in [0.5, 0.6) is 0 Å². The lowest BCUT2D eigenvalue weighted by Gasteiger charge is -2.02. The van der Waals surface area contributed by atoms with Crippen molar-refractivity contribution in [2.45, 2.75) is 19.5 Å². The van der Waals surface area contributed by atoms with Gasteiger partial charge in [0.2, 0.25) is 0 Å². The van der Waals surface area contributed by atoms with E-state index in [4.69, 9.17) is 16.7 Å². The number of aryl methyl sites for hydroxylation is 1. The molecular formula is C17H16ClN5O3. The number of carbonyl (C=O) groups is 2. The summed E-state index contributed by atoms with van der Waals surface area (Å²) in [7, 11) is 0. The molecule has 2 aromatic heterocycles. The maximum Gasteiger partial charge on any atom is 0.305 e. The molecule has 3 aromatic rings. The predicted molar refractivity (Wildman–Crippen MR) is 95.2 cm³/mol. The van der Waals surface area contributed by atoms with Gasteiger partial charge in [0, 0.05) is 23.5 Å². The van der Waals surface area contributed by atoms with Gasteiger partial charge in [-0.25, -0.2) is 0 Å². The van der Waals surface area contributed by atoms with Crippen LogP contribution in [0.15, 0.2) is 48.9 Å². The molecule has 0 bridgehead atoms. The summed E-state index contributed by atoms with van der Waals surface area (Å²) in [6.07, 6.45) is 4.60. The average Bonchev–Trinajstić information content (AvgIpc) is 3.24. The summed E-state index contributed by atoms with van der Waals surface area (Å²) < 4.78 is 3.12. The number of hydrogen-bond donors (Lipinski definition) is 2. The number of nitrogens with one attached hydrogen (secondary N) is 1. The lowest BCUT2D eigenvalue weighted by molar-refractivity contribution is -0.137. The van der Waals surface area contributed by atoms with Gasteiger partial charge >= 0.3 is 5.97 Å². The molecule has 134 valence electrons. The van der Waals surface area contributed by atoms with Gasteiger partial charge in [0.05, 0.1) is 31.3 Å². The van der Waals surface area contributed by atoms with Gasteiger partial charge in [0.15, 0.2) is 5.82 Å². The number of aliphatic carboxylic acids is 1. The standard InChI is InChI=1S/C17H16ClN5O3/c18-14-3-1-12(2-4-14)10-23-7-5-15(21-23)20-17(26)13-9-19-22(11-13)8-6-16(24)25/h1-5,7,9,11H,6,8,10H2,(H,24,25)(H,20,21,26). The predicted octanol–water partition coefficient (Wildman–Crippen LogP) is 2.51. The Morgan fingerprint density at radius 1 is 1.15 bits per heavy atom. The van der Waals surface area contributed by atoms with E-state index in [9.17, 15) is 9.59 Å². The Morgan fingerprint density at radius 3 is 2.65 bits per heavy atom. The van der Waals surface area contributed by atoms with E-state index >= 15 is 0 Å². The van der Waals surface area contributed by atoms with Crippen LogP contribution in [0.2, 0.25) is 5.02 Å². The van der Waals surface area contributed by atoms with Crippen molar-refractivity contribution in [2.75, 3.05) is 5.32 Å². The van der Waals surface area contributed by atoms with Gasteiger partial charge in [-0.05, 0) is 17.7 Å². The van der Waals surface area contributed by atoms with E-state index < -0.39 is 5.97 Å². The van der Waals surface area contributed by atoms with Crippen LogP contribution in [0.3, 0.4) is 0 Å². The van der Waals surface area contributed by atoms with Gasteiger partial charge in [-0.2, -0.15) is 10.2 Å². The molecule has 0 unspecified atom stereocenters. The normalized spacial score (nSPS) is 10.7. The van der Waals surface area contributed by atoms with Gasteiger partial charge in [-0.1, -0.05) is 23.7 Å². The zero-order chi connectivity index (χ0) is 18.5. The Labute approximate surface area is 154 Å². The molecule has 0 aliphatic heterocycles. The Hall–Kier alpha value is -3.13. The van der Waals surface area contributed by atoms with Gasteiger partial charge < -0.3 is 10.4 Å². The molecule has 9 heteroatoms. The fraction of sp³-hybridized carbons (Fsp3) is 0.176. The number of aromatic nitrogens is 4. The minimum Gasteiger partial charge on any atom is -0.481 e. The van der Waals surface area contributed by atoms with Gasteiger partial charge in [-0.15, -0.1) is 0 Å². The summed E-state index contributed by atoms with van der Waals surface area (Å²) in [5.74, 6) is -0.858. The van der Waals surface area contributed by atoms with Crippen molar-refractivity contribution >= 4 is 29.3 Å². The van der Waals surface area contributed by atoms with Crippen LogP contribution in [-0.4, -0.2) is 36.5 Å². The maximum absolute atomic E-state index is 12.2. The van der Waals surface area contributed by atoms with E-state index in [0.717, 1.165) is 5.56 Å². The number of amides is 1. The smallest absolute Gasteiger partial charge is 0.305 e. The number of carboxylic acid groups (broad SMARTS) is 1. The summed E-state index contributed by atoms with van der Waals surface area (Å²) in [6.45, 7) is 0.762. The first-order valence-corrected chi connectivity index (χ1v) is 8.21. The number of anilines is 1. The zero-order valence-electron chi connectivity index (χ0n) is 13.7. The lowest BCUT2D eigenvalue weighted by atomic mass is 10.2. The van der Waals surface area contributed by atoms with Crippen molar-refractivity contribution in [1.29, 1.82) is 0 Å². The number of hydrogen-bond acceptors (Lipinski definition) is 4. The second-order valence-corrected chi connectivity index (χ2v) is 6.05. The minimum atomic E-state index is -0.919. The molecule has 0 spiro atoms. The van der Waals surface area contributed by atoms with Crippen molar-refractivity contribution in [3.05, 3.63) is 65.1 Å². The SMILES string of the molecule is O=C(O)CCn1cc(C(=O)Nc2ccn(Cc3ccc(Cl)cc3)n2)cn1. The van der Waals surface area contributed by atoms with Crippen LogP contribution < -0.4 is 5.32 Å². The van der Waals surface area contributed by atoms with Crippen molar-refractivity contribution in [2.24, 2.45) is 0 Å². The molecule has 0 saturated heterocycles. The number of rotatable bonds is 7. The number of carbonyl (C=O) groups excluding carboxylic acids is 1. The second kappa shape index (κ2) is 7.83. The average molecular weight is 374 g/mol. The summed E-state index contributed by atoms with van der Waals surface area (Å²) in [4.78, 5) is 22.8. The molecule has 0 aliphatic rings. The van der Waals surface area contributed by atoms with E-state index in [1.165, 1.54) is 17.1 Å². The quantitative estimate of drug-likeness (QED) is 0.662. The van der Waals surface area contributed by atoms with Gasteiger partial charge in [-0.3, -0.25) is 19.0 Å². The lowest BCUT2D eigenvalue weighted by Crippen LogP contribution is -2.12. The maximum atomic E-state index is 12.2. The Morgan fingerprint density at radius 2 is 1.92 bits per heavy atom. The zero-order valence-corrected chi connectivity index (χ0v) is 14.4. The van der Waals surface area contributed by atoms with E-state index in [1.807, 2.05) is 24.3 Å². The Kier molecular flexibility index (Phi) is 5.33. The van der Waals surface area contributed by atoms with Crippen LogP contribution in [0.25, 0.3) is 0 Å². The number of nitrogens with zero attached hydrogens (tertiary/aromatic N) is 4. The fourth-order valence-corrected chi connectivity index (χ4v) is 2.42.